The van der Waals surface area contributed by atoms with Gasteiger partial charge in [0.15, 0.2) is 0 Å². The molecule has 10 heterocycles. The van der Waals surface area contributed by atoms with Crippen LogP contribution in [0.4, 0.5) is 5.69 Å². The molecule has 0 N–H and O–H groups in total. The number of para-hydroxylation sites is 12. The van der Waals surface area contributed by atoms with Crippen molar-refractivity contribution in [2.24, 2.45) is 0 Å². The number of fused-ring (bicyclic) bond motifs is 24. The van der Waals surface area contributed by atoms with Gasteiger partial charge in [-0.2, -0.15) is 0 Å². The maximum absolute atomic E-state index is 4.44. The zero-order chi connectivity index (χ0) is 91.7. The van der Waals surface area contributed by atoms with Crippen LogP contribution in [0.15, 0.2) is 389 Å². The quantitative estimate of drug-likeness (QED) is 0.145. The molecule has 0 saturated carbocycles. The molecule has 1 aliphatic heterocycles. The zero-order valence-corrected chi connectivity index (χ0v) is 78.5. The van der Waals surface area contributed by atoms with Crippen molar-refractivity contribution >= 4 is 137 Å². The van der Waals surface area contributed by atoms with Gasteiger partial charge in [-0.3, -0.25) is 4.98 Å². The molecule has 138 heavy (non-hydrogen) atoms. The fourth-order valence-electron chi connectivity index (χ4n) is 24.5. The highest BCUT2D eigenvalue weighted by Gasteiger charge is 2.30. The summed E-state index contributed by atoms with van der Waals surface area (Å²) in [5.74, 6) is 0. The second-order valence-corrected chi connectivity index (χ2v) is 38.7. The molecule has 0 atom stereocenters. The third kappa shape index (κ3) is 13.8. The molecule has 0 spiro atoms. The molecule has 10 heteroatoms. The van der Waals surface area contributed by atoms with E-state index < -0.39 is 0 Å². The standard InChI is InChI=1S/C36H33N3.C31H30N2.C31H22N2.C30H21N3/c1-25-21-27(38-33-16-8-5-13-29(33)30-14-6-9-17-34(30)38)23-28(22-25)39-35-18-10-7-15-31(35)32-19-20-37(24-36(32)39)26-11-3-2-4-12-26;2*1-21-18-22(32-28-14-6-2-10-24(28)25-11-3-7-15-29(25)32)20-23(19-21)33-30-16-8-4-12-26(30)27-13-5-9-17-31(27)33;1-20-16-21(32-27-11-5-2-8-23(27)24-9-3-6-12-28(24)32)18-22(17-20)33-29-13-7-4-10-25(29)26-14-15-31-19-30(26)33/h2-5,7-8,10-13,15-16,18,21-23H,6,9,14,17,19-20,24H2,1H3;2,4,6,8,10,12,14,16,18-20H,3,5,7,9,11,13,15,17H2,1H3;2-20H,1H3;2-19H,1H3. The number of pyridine rings is 1. The van der Waals surface area contributed by atoms with Gasteiger partial charge in [0.2, 0.25) is 0 Å². The first kappa shape index (κ1) is 82.5. The molecule has 0 unspecified atom stereocenters. The highest BCUT2D eigenvalue weighted by molar-refractivity contribution is 6.13. The molecule has 29 rings (SSSR count). The van der Waals surface area contributed by atoms with Gasteiger partial charge in [0, 0.05) is 151 Å². The largest absolute Gasteiger partial charge is 0.365 e. The topological polar surface area (TPSA) is 55.6 Å². The fraction of sp³-hybridized carbons (Fsp3) is 0.148. The molecule has 9 aromatic heterocycles. The van der Waals surface area contributed by atoms with Crippen LogP contribution in [0.3, 0.4) is 0 Å². The van der Waals surface area contributed by atoms with Crippen molar-refractivity contribution in [3.8, 4) is 45.5 Å². The number of anilines is 1. The first-order chi connectivity index (χ1) is 68.1. The van der Waals surface area contributed by atoms with E-state index in [2.05, 4.69) is 450 Å². The number of aryl methyl sites for hydroxylation is 7. The lowest BCUT2D eigenvalue weighted by atomic mass is 9.95. The van der Waals surface area contributed by atoms with Crippen LogP contribution in [-0.2, 0) is 51.5 Å². The number of rotatable bonds is 9. The Labute approximate surface area is 803 Å². The molecule has 0 saturated heterocycles. The SMILES string of the molecule is Cc1cc(-n2c3c(c4ccccc42)CCCC3)cc(-n2c3c(c4ccccc42)CCCC3)c1.Cc1cc(-n2c3c(c4ccccc42)CCCC3)cc(-n2c3c(c4ccccc42)CCN(c2ccccc2)C3)c1.Cc1cc(-n2c3ccccc3c3ccccc32)cc(-n2c3ccccc3c3ccccc32)c1.Cc1cc(-n2c3ccccc3c3ccccc32)cc(-n2c3ccccc3c3ccncc32)c1. The third-order valence-corrected chi connectivity index (χ3v) is 30.2. The van der Waals surface area contributed by atoms with E-state index in [-0.39, 0.29) is 0 Å². The molecular formula is C128H106N10. The van der Waals surface area contributed by atoms with Crippen LogP contribution >= 0.6 is 0 Å². The van der Waals surface area contributed by atoms with Gasteiger partial charge in [0.1, 0.15) is 0 Å². The maximum atomic E-state index is 4.44. The van der Waals surface area contributed by atoms with Crippen LogP contribution in [0.1, 0.15) is 106 Å². The van der Waals surface area contributed by atoms with Crippen LogP contribution in [0.2, 0.25) is 0 Å². The minimum atomic E-state index is 0.916. The minimum Gasteiger partial charge on any atom is -0.365 e. The predicted octanol–water partition coefficient (Wildman–Crippen LogP) is 31.7. The summed E-state index contributed by atoms with van der Waals surface area (Å²) in [6.07, 6.45) is 19.8. The van der Waals surface area contributed by atoms with E-state index in [0.717, 1.165) is 42.8 Å². The Morgan fingerprint density at radius 2 is 0.399 bits per heavy atom. The van der Waals surface area contributed by atoms with Crippen LogP contribution in [0, 0.1) is 27.7 Å². The van der Waals surface area contributed by atoms with E-state index in [0.29, 0.717) is 0 Å². The van der Waals surface area contributed by atoms with E-state index in [1.807, 2.05) is 12.4 Å². The van der Waals surface area contributed by atoms with Gasteiger partial charge >= 0.3 is 0 Å². The number of benzene rings is 16. The first-order valence-electron chi connectivity index (χ1n) is 49.7. The molecule has 0 bridgehead atoms. The van der Waals surface area contributed by atoms with Gasteiger partial charge in [-0.25, -0.2) is 0 Å². The smallest absolute Gasteiger partial charge is 0.0724 e. The van der Waals surface area contributed by atoms with E-state index in [1.54, 1.807) is 16.7 Å². The lowest BCUT2D eigenvalue weighted by Crippen LogP contribution is -2.31. The molecule has 0 radical (unpaired) electrons. The maximum Gasteiger partial charge on any atom is 0.0724 e. The molecule has 25 aromatic rings. The summed E-state index contributed by atoms with van der Waals surface area (Å²) in [5.41, 5.74) is 43.5. The Morgan fingerprint density at radius 1 is 0.181 bits per heavy atom. The zero-order valence-electron chi connectivity index (χ0n) is 78.5. The van der Waals surface area contributed by atoms with Gasteiger partial charge < -0.3 is 41.4 Å². The Hall–Kier alpha value is -16.2. The number of nitrogens with zero attached hydrogens (tertiary/aromatic N) is 10. The Bertz CT molecular complexity index is 8290. The molecule has 668 valence electrons. The van der Waals surface area contributed by atoms with E-state index in [9.17, 15) is 0 Å². The summed E-state index contributed by atoms with van der Waals surface area (Å²) in [6, 6.07) is 138. The number of hydrogen-bond donors (Lipinski definition) is 0. The van der Waals surface area contributed by atoms with Gasteiger partial charge in [-0.1, -0.05) is 218 Å². The predicted molar refractivity (Wildman–Crippen MR) is 578 cm³/mol. The summed E-state index contributed by atoms with van der Waals surface area (Å²) in [7, 11) is 0. The molecular weight excluding hydrogens is 1680 g/mol. The van der Waals surface area contributed by atoms with E-state index >= 15 is 0 Å². The Morgan fingerprint density at radius 3 is 0.688 bits per heavy atom. The van der Waals surface area contributed by atoms with Crippen molar-refractivity contribution in [3.05, 3.63) is 456 Å². The van der Waals surface area contributed by atoms with Crippen LogP contribution in [0.25, 0.3) is 176 Å². The van der Waals surface area contributed by atoms with Gasteiger partial charge in [-0.05, 0) is 313 Å². The molecule has 16 aromatic carbocycles. The minimum absolute atomic E-state index is 0.916. The molecule has 0 amide bonds. The molecule has 10 nitrogen and oxygen atoms in total. The van der Waals surface area contributed by atoms with E-state index in [1.165, 1.54) is 286 Å². The monoisotopic (exact) mass is 1780 g/mol. The average Bonchev–Trinajstić information content (AvgIpc) is 1.58. The normalized spacial score (nSPS) is 13.6. The van der Waals surface area contributed by atoms with Crippen molar-refractivity contribution in [2.75, 3.05) is 11.4 Å². The van der Waals surface area contributed by atoms with Crippen molar-refractivity contribution in [3.63, 3.8) is 0 Å². The summed E-state index contributed by atoms with van der Waals surface area (Å²) >= 11 is 0. The first-order valence-corrected chi connectivity index (χ1v) is 49.7. The van der Waals surface area contributed by atoms with Crippen molar-refractivity contribution in [1.82, 2.24) is 41.5 Å². The highest BCUT2D eigenvalue weighted by atomic mass is 15.2. The lowest BCUT2D eigenvalue weighted by Gasteiger charge is -2.30. The van der Waals surface area contributed by atoms with Gasteiger partial charge in [0.25, 0.3) is 0 Å². The summed E-state index contributed by atoms with van der Waals surface area (Å²) in [4.78, 5) is 6.98. The fourth-order valence-corrected chi connectivity index (χ4v) is 24.5. The van der Waals surface area contributed by atoms with Crippen molar-refractivity contribution < 1.29 is 0 Å². The molecule has 3 aliphatic carbocycles. The second kappa shape index (κ2) is 34.0. The van der Waals surface area contributed by atoms with Crippen LogP contribution < -0.4 is 4.90 Å². The van der Waals surface area contributed by atoms with Crippen molar-refractivity contribution in [2.45, 2.75) is 118 Å². The summed E-state index contributed by atoms with van der Waals surface area (Å²) in [6.45, 7) is 10.8. The summed E-state index contributed by atoms with van der Waals surface area (Å²) in [5, 5.41) is 15.9. The van der Waals surface area contributed by atoms with Crippen molar-refractivity contribution in [1.29, 1.82) is 0 Å². The molecule has 0 fully saturated rings. The molecule has 4 aliphatic rings. The van der Waals surface area contributed by atoms with Crippen LogP contribution in [-0.4, -0.2) is 48.1 Å². The Kier molecular flexibility index (Phi) is 20.3. The second-order valence-electron chi connectivity index (χ2n) is 38.7. The lowest BCUT2D eigenvalue weighted by molar-refractivity contribution is 0.665. The highest BCUT2D eigenvalue weighted by Crippen LogP contribution is 2.45. The van der Waals surface area contributed by atoms with Gasteiger partial charge in [-0.15, -0.1) is 0 Å². The van der Waals surface area contributed by atoms with E-state index in [4.69, 9.17) is 0 Å². The van der Waals surface area contributed by atoms with Gasteiger partial charge in [0.05, 0.1) is 78.9 Å². The number of aromatic nitrogens is 9. The Balaban J connectivity index is 0.0000000953. The van der Waals surface area contributed by atoms with Crippen LogP contribution in [0.5, 0.6) is 0 Å². The number of hydrogen-bond acceptors (Lipinski definition) is 2. The third-order valence-electron chi connectivity index (χ3n) is 30.2. The average molecular weight is 1780 g/mol. The summed E-state index contributed by atoms with van der Waals surface area (Å²) < 4.78 is 19.8.